The predicted octanol–water partition coefficient (Wildman–Crippen LogP) is 2.93. The quantitative estimate of drug-likeness (QED) is 0.417. The van der Waals surface area contributed by atoms with Gasteiger partial charge in [-0.15, -0.1) is 6.58 Å². The van der Waals surface area contributed by atoms with Gasteiger partial charge in [-0.1, -0.05) is 35.9 Å². The normalized spacial score (nSPS) is 15.2. The largest absolute Gasteiger partial charge is 0.350 e. The third-order valence-corrected chi connectivity index (χ3v) is 7.06. The lowest BCUT2D eigenvalue weighted by Crippen LogP contribution is -2.37. The van der Waals surface area contributed by atoms with Crippen LogP contribution in [0.1, 0.15) is 21.5 Å². The number of imide groups is 1. The number of hydrogen-bond acceptors (Lipinski definition) is 6. The maximum absolute atomic E-state index is 12.6. The van der Waals surface area contributed by atoms with Crippen LogP contribution in [0.3, 0.4) is 0 Å². The molecule has 0 bridgehead atoms. The predicted molar refractivity (Wildman–Crippen MR) is 128 cm³/mol. The molecule has 10 heteroatoms. The molecule has 0 radical (unpaired) electrons. The fraction of sp³-hybridized carbons (Fsp3) is 0.174. The minimum atomic E-state index is -3.68. The Morgan fingerprint density at radius 1 is 1.09 bits per heavy atom. The number of nitrogens with zero attached hydrogens (tertiary/aromatic N) is 1. The zero-order chi connectivity index (χ0) is 24.0. The van der Waals surface area contributed by atoms with Gasteiger partial charge in [0.25, 0.3) is 17.1 Å². The smallest absolute Gasteiger partial charge is 0.293 e. The first-order valence-corrected chi connectivity index (χ1v) is 12.3. The van der Waals surface area contributed by atoms with E-state index in [9.17, 15) is 22.8 Å². The number of amides is 3. The van der Waals surface area contributed by atoms with Crippen molar-refractivity contribution >= 4 is 44.9 Å². The Kier molecular flexibility index (Phi) is 7.85. The van der Waals surface area contributed by atoms with Crippen LogP contribution in [0.5, 0.6) is 0 Å². The van der Waals surface area contributed by atoms with Crippen molar-refractivity contribution < 1.29 is 22.8 Å². The van der Waals surface area contributed by atoms with Gasteiger partial charge in [-0.2, -0.15) is 0 Å². The molecule has 1 fully saturated rings. The topological polar surface area (TPSA) is 113 Å². The van der Waals surface area contributed by atoms with Crippen molar-refractivity contribution in [3.05, 3.63) is 82.8 Å². The lowest BCUT2D eigenvalue weighted by molar-refractivity contribution is -0.122. The molecule has 1 aliphatic heterocycles. The molecule has 0 aromatic heterocycles. The van der Waals surface area contributed by atoms with Gasteiger partial charge in [0.15, 0.2) is 0 Å². The molecule has 0 aliphatic carbocycles. The van der Waals surface area contributed by atoms with Crippen LogP contribution in [-0.4, -0.2) is 50.0 Å². The lowest BCUT2D eigenvalue weighted by atomic mass is 10.1. The number of carbonyl (C=O) groups excluding carboxylic acids is 3. The fourth-order valence-corrected chi connectivity index (χ4v) is 4.79. The van der Waals surface area contributed by atoms with Crippen LogP contribution in [0, 0.1) is 6.92 Å². The van der Waals surface area contributed by atoms with E-state index in [0.29, 0.717) is 4.91 Å². The molecule has 33 heavy (non-hydrogen) atoms. The molecule has 1 aliphatic rings. The van der Waals surface area contributed by atoms with Gasteiger partial charge in [-0.05, 0) is 54.6 Å². The average Bonchev–Trinajstić information content (AvgIpc) is 3.06. The van der Waals surface area contributed by atoms with Crippen molar-refractivity contribution in [2.24, 2.45) is 0 Å². The van der Waals surface area contributed by atoms with Gasteiger partial charge in [0.1, 0.15) is 0 Å². The van der Waals surface area contributed by atoms with Crippen LogP contribution >= 0.6 is 11.8 Å². The number of rotatable bonds is 9. The van der Waals surface area contributed by atoms with Crippen molar-refractivity contribution in [3.8, 4) is 0 Å². The van der Waals surface area contributed by atoms with E-state index < -0.39 is 27.1 Å². The summed E-state index contributed by atoms with van der Waals surface area (Å²) in [4.78, 5) is 38.6. The summed E-state index contributed by atoms with van der Waals surface area (Å²) in [7, 11) is -3.68. The molecule has 2 aromatic rings. The summed E-state index contributed by atoms with van der Waals surface area (Å²) < 4.78 is 26.5. The Labute approximate surface area is 196 Å². The van der Waals surface area contributed by atoms with Gasteiger partial charge in [-0.25, -0.2) is 13.1 Å². The number of hydrogen-bond donors (Lipinski definition) is 2. The van der Waals surface area contributed by atoms with E-state index in [1.54, 1.807) is 6.08 Å². The third-order valence-electron chi connectivity index (χ3n) is 4.71. The highest BCUT2D eigenvalue weighted by molar-refractivity contribution is 8.18. The van der Waals surface area contributed by atoms with E-state index >= 15 is 0 Å². The molecule has 0 spiro atoms. The van der Waals surface area contributed by atoms with Crippen molar-refractivity contribution in [1.29, 1.82) is 0 Å². The van der Waals surface area contributed by atoms with Crippen molar-refractivity contribution in [2.75, 3.05) is 19.6 Å². The van der Waals surface area contributed by atoms with Crippen LogP contribution in [0.15, 0.2) is 71.0 Å². The highest BCUT2D eigenvalue weighted by Crippen LogP contribution is 2.31. The standard InChI is InChI=1S/C23H23N3O5S2/c1-3-12-25-33(30,31)19-10-8-18(9-11-19)21(27)24-13-14-26-22(28)20(32-23(26)29)15-17-6-4-16(2)5-7-17/h3-11,15,25H,1,12-14H2,2H3,(H,24,27)/b20-15+. The molecular formula is C23H23N3O5S2. The number of benzene rings is 2. The van der Waals surface area contributed by atoms with Crippen LogP contribution in [-0.2, 0) is 14.8 Å². The first-order chi connectivity index (χ1) is 15.7. The first kappa shape index (κ1) is 24.4. The Hall–Kier alpha value is -3.21. The molecule has 3 rings (SSSR count). The molecule has 0 unspecified atom stereocenters. The van der Waals surface area contributed by atoms with Crippen molar-refractivity contribution in [1.82, 2.24) is 14.9 Å². The maximum Gasteiger partial charge on any atom is 0.293 e. The van der Waals surface area contributed by atoms with Crippen LogP contribution in [0.25, 0.3) is 6.08 Å². The second-order valence-corrected chi connectivity index (χ2v) is 9.93. The third kappa shape index (κ3) is 6.19. The summed E-state index contributed by atoms with van der Waals surface area (Å²) in [5.41, 5.74) is 2.17. The van der Waals surface area contributed by atoms with Gasteiger partial charge in [0.2, 0.25) is 10.0 Å². The highest BCUT2D eigenvalue weighted by Gasteiger charge is 2.34. The lowest BCUT2D eigenvalue weighted by Gasteiger charge is -2.13. The Morgan fingerprint density at radius 2 is 1.76 bits per heavy atom. The molecule has 2 N–H and O–H groups in total. The zero-order valence-electron chi connectivity index (χ0n) is 17.9. The number of carbonyl (C=O) groups is 3. The van der Waals surface area contributed by atoms with Gasteiger partial charge in [0.05, 0.1) is 9.80 Å². The van der Waals surface area contributed by atoms with E-state index in [2.05, 4.69) is 16.6 Å². The van der Waals surface area contributed by atoms with Crippen molar-refractivity contribution in [2.45, 2.75) is 11.8 Å². The zero-order valence-corrected chi connectivity index (χ0v) is 19.5. The second-order valence-electron chi connectivity index (χ2n) is 7.16. The summed E-state index contributed by atoms with van der Waals surface area (Å²) in [6, 6.07) is 13.0. The summed E-state index contributed by atoms with van der Waals surface area (Å²) in [5, 5.41) is 2.24. The van der Waals surface area contributed by atoms with E-state index in [-0.39, 0.29) is 30.1 Å². The molecular weight excluding hydrogens is 462 g/mol. The van der Waals surface area contributed by atoms with E-state index in [1.165, 1.54) is 30.3 Å². The number of sulfonamides is 1. The summed E-state index contributed by atoms with van der Waals surface area (Å²) in [6.07, 6.45) is 3.09. The van der Waals surface area contributed by atoms with Crippen LogP contribution in [0.4, 0.5) is 4.79 Å². The molecule has 0 saturated carbocycles. The van der Waals surface area contributed by atoms with E-state index in [0.717, 1.165) is 27.8 Å². The monoisotopic (exact) mass is 485 g/mol. The maximum atomic E-state index is 12.6. The molecule has 172 valence electrons. The molecule has 0 atom stereocenters. The molecule has 1 heterocycles. The number of aryl methyl sites for hydroxylation is 1. The fourth-order valence-electron chi connectivity index (χ4n) is 2.93. The minimum absolute atomic E-state index is 0.0269. The second kappa shape index (κ2) is 10.6. The van der Waals surface area contributed by atoms with Crippen LogP contribution < -0.4 is 10.0 Å². The Balaban J connectivity index is 1.56. The van der Waals surface area contributed by atoms with Gasteiger partial charge in [-0.3, -0.25) is 19.3 Å². The number of thioether (sulfide) groups is 1. The Bertz CT molecular complexity index is 1200. The minimum Gasteiger partial charge on any atom is -0.350 e. The molecule has 3 amide bonds. The van der Waals surface area contributed by atoms with Crippen molar-refractivity contribution in [3.63, 3.8) is 0 Å². The highest BCUT2D eigenvalue weighted by atomic mass is 32.2. The van der Waals surface area contributed by atoms with Gasteiger partial charge < -0.3 is 5.32 Å². The average molecular weight is 486 g/mol. The van der Waals surface area contributed by atoms with Crippen LogP contribution in [0.2, 0.25) is 0 Å². The van der Waals surface area contributed by atoms with E-state index in [4.69, 9.17) is 0 Å². The van der Waals surface area contributed by atoms with Gasteiger partial charge >= 0.3 is 0 Å². The first-order valence-electron chi connectivity index (χ1n) is 10.0. The SMILES string of the molecule is C=CCNS(=O)(=O)c1ccc(C(=O)NCCN2C(=O)S/C(=C/c3ccc(C)cc3)C2=O)cc1. The number of nitrogens with one attached hydrogen (secondary N) is 2. The summed E-state index contributed by atoms with van der Waals surface area (Å²) in [5.74, 6) is -0.846. The van der Waals surface area contributed by atoms with E-state index in [1.807, 2.05) is 31.2 Å². The molecule has 2 aromatic carbocycles. The molecule has 8 nitrogen and oxygen atoms in total. The summed E-state index contributed by atoms with van der Waals surface area (Å²) in [6.45, 7) is 5.61. The van der Waals surface area contributed by atoms with Gasteiger partial charge in [0, 0.05) is 25.2 Å². The Morgan fingerprint density at radius 3 is 2.39 bits per heavy atom. The summed E-state index contributed by atoms with van der Waals surface area (Å²) >= 11 is 0.862. The molecule has 1 saturated heterocycles.